The Labute approximate surface area is 96.8 Å². The molecule has 2 N–H and O–H groups in total. The first-order valence-corrected chi connectivity index (χ1v) is 5.55. The minimum absolute atomic E-state index is 0.285. The molecule has 15 heavy (non-hydrogen) atoms. The molecule has 1 aromatic heterocycles. The number of ether oxygens (including phenoxy) is 1. The summed E-state index contributed by atoms with van der Waals surface area (Å²) in [5.41, 5.74) is 5.56. The molecular weight excluding hydrogens is 260 g/mol. The van der Waals surface area contributed by atoms with Crippen molar-refractivity contribution in [2.75, 3.05) is 30.8 Å². The molecule has 1 aliphatic heterocycles. The van der Waals surface area contributed by atoms with Crippen molar-refractivity contribution in [3.8, 4) is 0 Å². The molecule has 2 heterocycles. The van der Waals surface area contributed by atoms with Crippen molar-refractivity contribution < 1.29 is 4.74 Å². The van der Waals surface area contributed by atoms with E-state index in [2.05, 4.69) is 30.8 Å². The van der Waals surface area contributed by atoms with E-state index >= 15 is 0 Å². The first-order valence-electron chi connectivity index (χ1n) is 4.76. The molecule has 0 radical (unpaired) electrons. The summed E-state index contributed by atoms with van der Waals surface area (Å²) >= 11 is 3.42. The third-order valence-corrected chi connectivity index (χ3v) is 3.08. The molecule has 0 spiro atoms. The first kappa shape index (κ1) is 10.6. The Kier molecular flexibility index (Phi) is 3.06. The molecule has 0 aromatic carbocycles. The van der Waals surface area contributed by atoms with E-state index in [1.165, 1.54) is 0 Å². The minimum Gasteiger partial charge on any atom is -0.380 e. The zero-order chi connectivity index (χ0) is 10.8. The van der Waals surface area contributed by atoms with Crippen molar-refractivity contribution >= 4 is 27.7 Å². The molecule has 2 rings (SSSR count). The predicted octanol–water partition coefficient (Wildman–Crippen LogP) is 1.05. The Bertz CT molecular complexity index is 360. The van der Waals surface area contributed by atoms with Crippen LogP contribution in [-0.2, 0) is 4.74 Å². The van der Waals surface area contributed by atoms with Crippen molar-refractivity contribution in [3.05, 3.63) is 10.7 Å². The van der Waals surface area contributed by atoms with Crippen LogP contribution >= 0.6 is 15.9 Å². The van der Waals surface area contributed by atoms with Gasteiger partial charge in [-0.3, -0.25) is 0 Å². The van der Waals surface area contributed by atoms with E-state index in [0.717, 1.165) is 29.8 Å². The van der Waals surface area contributed by atoms with Gasteiger partial charge < -0.3 is 15.4 Å². The SMILES string of the molecule is COC1CCN(c2nc(N)ncc2Br)C1. The summed E-state index contributed by atoms with van der Waals surface area (Å²) in [6.07, 6.45) is 2.98. The Balaban J connectivity index is 2.19. The van der Waals surface area contributed by atoms with E-state index in [4.69, 9.17) is 10.5 Å². The van der Waals surface area contributed by atoms with Crippen LogP contribution in [0.25, 0.3) is 0 Å². The van der Waals surface area contributed by atoms with E-state index < -0.39 is 0 Å². The number of hydrogen-bond donors (Lipinski definition) is 1. The number of aromatic nitrogens is 2. The lowest BCUT2D eigenvalue weighted by Gasteiger charge is -2.18. The predicted molar refractivity (Wildman–Crippen MR) is 61.8 cm³/mol. The molecule has 0 saturated carbocycles. The van der Waals surface area contributed by atoms with E-state index in [1.54, 1.807) is 13.3 Å². The van der Waals surface area contributed by atoms with E-state index in [-0.39, 0.29) is 6.10 Å². The van der Waals surface area contributed by atoms with E-state index in [9.17, 15) is 0 Å². The zero-order valence-electron chi connectivity index (χ0n) is 8.48. The topological polar surface area (TPSA) is 64.3 Å². The summed E-state index contributed by atoms with van der Waals surface area (Å²) in [4.78, 5) is 10.3. The molecule has 82 valence electrons. The Hall–Kier alpha value is -0.880. The van der Waals surface area contributed by atoms with Gasteiger partial charge >= 0.3 is 0 Å². The number of halogens is 1. The van der Waals surface area contributed by atoms with Gasteiger partial charge in [0.25, 0.3) is 0 Å². The van der Waals surface area contributed by atoms with Gasteiger partial charge in [0, 0.05) is 26.4 Å². The quantitative estimate of drug-likeness (QED) is 0.872. The molecular formula is C9H13BrN4O. The minimum atomic E-state index is 0.285. The van der Waals surface area contributed by atoms with Crippen LogP contribution in [0, 0.1) is 0 Å². The number of nitrogens with two attached hydrogens (primary N) is 1. The van der Waals surface area contributed by atoms with Crippen LogP contribution in [0.2, 0.25) is 0 Å². The smallest absolute Gasteiger partial charge is 0.222 e. The summed E-state index contributed by atoms with van der Waals surface area (Å²) in [6.45, 7) is 1.79. The normalized spacial score (nSPS) is 20.9. The van der Waals surface area contributed by atoms with Crippen molar-refractivity contribution in [2.24, 2.45) is 0 Å². The highest BCUT2D eigenvalue weighted by atomic mass is 79.9. The fourth-order valence-electron chi connectivity index (χ4n) is 1.71. The van der Waals surface area contributed by atoms with Gasteiger partial charge in [0.1, 0.15) is 5.82 Å². The van der Waals surface area contributed by atoms with Crippen LogP contribution in [0.15, 0.2) is 10.7 Å². The molecule has 1 unspecified atom stereocenters. The van der Waals surface area contributed by atoms with Crippen LogP contribution in [0.5, 0.6) is 0 Å². The largest absolute Gasteiger partial charge is 0.380 e. The van der Waals surface area contributed by atoms with Gasteiger partial charge in [-0.15, -0.1) is 0 Å². The van der Waals surface area contributed by atoms with Gasteiger partial charge in [0.05, 0.1) is 10.6 Å². The van der Waals surface area contributed by atoms with Crippen molar-refractivity contribution in [2.45, 2.75) is 12.5 Å². The van der Waals surface area contributed by atoms with Crippen molar-refractivity contribution in [1.29, 1.82) is 0 Å². The summed E-state index contributed by atoms with van der Waals surface area (Å²) in [6, 6.07) is 0. The van der Waals surface area contributed by atoms with Gasteiger partial charge in [0.15, 0.2) is 0 Å². The highest BCUT2D eigenvalue weighted by molar-refractivity contribution is 9.10. The second kappa shape index (κ2) is 4.32. The Morgan fingerprint density at radius 2 is 2.47 bits per heavy atom. The summed E-state index contributed by atoms with van der Waals surface area (Å²) < 4.78 is 6.17. The standard InChI is InChI=1S/C9H13BrN4O/c1-15-6-2-3-14(5-6)8-7(10)4-12-9(11)13-8/h4,6H,2-3,5H2,1H3,(H2,11,12,13). The second-order valence-corrected chi connectivity index (χ2v) is 4.35. The van der Waals surface area contributed by atoms with E-state index in [0.29, 0.717) is 5.95 Å². The number of methoxy groups -OCH3 is 1. The third kappa shape index (κ3) is 2.21. The number of nitrogen functional groups attached to an aromatic ring is 1. The highest BCUT2D eigenvalue weighted by Gasteiger charge is 2.24. The van der Waals surface area contributed by atoms with Crippen LogP contribution in [-0.4, -0.2) is 36.3 Å². The van der Waals surface area contributed by atoms with Gasteiger partial charge in [-0.2, -0.15) is 4.98 Å². The van der Waals surface area contributed by atoms with Crippen LogP contribution < -0.4 is 10.6 Å². The van der Waals surface area contributed by atoms with Gasteiger partial charge in [-0.1, -0.05) is 0 Å². The maximum Gasteiger partial charge on any atom is 0.222 e. The highest BCUT2D eigenvalue weighted by Crippen LogP contribution is 2.27. The van der Waals surface area contributed by atoms with Gasteiger partial charge in [0.2, 0.25) is 5.95 Å². The third-order valence-electron chi connectivity index (χ3n) is 2.52. The first-order chi connectivity index (χ1) is 7.20. The molecule has 5 nitrogen and oxygen atoms in total. The monoisotopic (exact) mass is 272 g/mol. The summed E-state index contributed by atoms with van der Waals surface area (Å²) in [7, 11) is 1.73. The molecule has 1 atom stereocenters. The summed E-state index contributed by atoms with van der Waals surface area (Å²) in [5, 5.41) is 0. The van der Waals surface area contributed by atoms with Crippen molar-refractivity contribution in [3.63, 3.8) is 0 Å². The maximum absolute atomic E-state index is 5.56. The van der Waals surface area contributed by atoms with Crippen LogP contribution in [0.3, 0.4) is 0 Å². The average molecular weight is 273 g/mol. The fourth-order valence-corrected chi connectivity index (χ4v) is 2.15. The van der Waals surface area contributed by atoms with E-state index in [1.807, 2.05) is 0 Å². The number of anilines is 2. The lowest BCUT2D eigenvalue weighted by molar-refractivity contribution is 0.121. The second-order valence-electron chi connectivity index (χ2n) is 3.49. The maximum atomic E-state index is 5.56. The average Bonchev–Trinajstić information content (AvgIpc) is 2.70. The molecule has 6 heteroatoms. The molecule has 1 aromatic rings. The number of rotatable bonds is 2. The number of hydrogen-bond acceptors (Lipinski definition) is 5. The molecule has 0 amide bonds. The van der Waals surface area contributed by atoms with Crippen LogP contribution in [0.1, 0.15) is 6.42 Å². The molecule has 0 bridgehead atoms. The van der Waals surface area contributed by atoms with Gasteiger partial charge in [-0.05, 0) is 22.4 Å². The Morgan fingerprint density at radius 1 is 1.67 bits per heavy atom. The molecule has 1 fully saturated rings. The lowest BCUT2D eigenvalue weighted by atomic mass is 10.3. The Morgan fingerprint density at radius 3 is 3.13 bits per heavy atom. The summed E-state index contributed by atoms with van der Waals surface area (Å²) in [5.74, 6) is 1.15. The van der Waals surface area contributed by atoms with Crippen LogP contribution in [0.4, 0.5) is 11.8 Å². The zero-order valence-corrected chi connectivity index (χ0v) is 10.1. The lowest BCUT2D eigenvalue weighted by Crippen LogP contribution is -2.24. The molecule has 1 aliphatic rings. The molecule has 0 aliphatic carbocycles. The van der Waals surface area contributed by atoms with Crippen molar-refractivity contribution in [1.82, 2.24) is 9.97 Å². The number of nitrogens with zero attached hydrogens (tertiary/aromatic N) is 3. The molecule has 1 saturated heterocycles. The van der Waals surface area contributed by atoms with Gasteiger partial charge in [-0.25, -0.2) is 4.98 Å². The fraction of sp³-hybridized carbons (Fsp3) is 0.556.